The maximum Gasteiger partial charge on any atom is 0.0912 e. The Bertz CT molecular complexity index is 348. The van der Waals surface area contributed by atoms with Crippen molar-refractivity contribution in [3.63, 3.8) is 0 Å². The van der Waals surface area contributed by atoms with Gasteiger partial charge < -0.3 is 10.5 Å². The number of halogens is 1. The summed E-state index contributed by atoms with van der Waals surface area (Å²) < 4.78 is 5.13. The molecule has 0 aromatic carbocycles. The van der Waals surface area contributed by atoms with Gasteiger partial charge in [-0.2, -0.15) is 0 Å². The summed E-state index contributed by atoms with van der Waals surface area (Å²) in [4.78, 5) is 4.17. The molecular weight excluding hydrogens is 200 g/mol. The van der Waals surface area contributed by atoms with Gasteiger partial charge in [0.1, 0.15) is 0 Å². The van der Waals surface area contributed by atoms with Gasteiger partial charge in [-0.15, -0.1) is 0 Å². The zero-order valence-electron chi connectivity index (χ0n) is 7.61. The largest absolute Gasteiger partial charge is 0.501 e. The fourth-order valence-corrected chi connectivity index (χ4v) is 1.50. The zero-order valence-corrected chi connectivity index (χ0v) is 8.37. The Morgan fingerprint density at radius 2 is 2.36 bits per heavy atom. The average Bonchev–Trinajstić information content (AvgIpc) is 2.71. The monoisotopic (exact) mass is 210 g/mol. The van der Waals surface area contributed by atoms with Gasteiger partial charge in [0.05, 0.1) is 29.6 Å². The fourth-order valence-electron chi connectivity index (χ4n) is 1.39. The highest BCUT2D eigenvalue weighted by molar-refractivity contribution is 6.30. The van der Waals surface area contributed by atoms with Crippen molar-refractivity contribution in [1.29, 1.82) is 0 Å². The first-order valence-corrected chi connectivity index (χ1v) is 4.83. The van der Waals surface area contributed by atoms with Crippen molar-refractivity contribution in [2.45, 2.75) is 12.5 Å². The van der Waals surface area contributed by atoms with E-state index in [2.05, 4.69) is 4.98 Å². The number of ether oxygens (including phenoxy) is 1. The Hall–Kier alpha value is -1.06. The summed E-state index contributed by atoms with van der Waals surface area (Å²) in [5.41, 5.74) is 7.90. The lowest BCUT2D eigenvalue weighted by molar-refractivity contribution is 0.281. The summed E-state index contributed by atoms with van der Waals surface area (Å²) in [6.07, 6.45) is 4.21. The number of aromatic nitrogens is 1. The van der Waals surface area contributed by atoms with Crippen LogP contribution >= 0.6 is 11.6 Å². The highest BCUT2D eigenvalue weighted by atomic mass is 35.5. The van der Waals surface area contributed by atoms with Crippen LogP contribution in [0.2, 0.25) is 5.02 Å². The van der Waals surface area contributed by atoms with Crippen molar-refractivity contribution in [2.75, 3.05) is 6.61 Å². The standard InChI is InChI=1S/C10H11ClN2O/c11-8-1-2-9(13-5-8)10(12)7-3-4-14-6-7/h1-2,5-6,10H,3-4,12H2. The predicted octanol–water partition coefficient (Wildman–Crippen LogP) is 2.04. The maximum absolute atomic E-state index is 6.00. The molecule has 4 heteroatoms. The molecule has 0 spiro atoms. The second-order valence-electron chi connectivity index (χ2n) is 3.19. The molecule has 0 radical (unpaired) electrons. The summed E-state index contributed by atoms with van der Waals surface area (Å²) in [6, 6.07) is 3.46. The topological polar surface area (TPSA) is 48.1 Å². The Balaban J connectivity index is 2.18. The SMILES string of the molecule is NC(C1=COCC1)c1ccc(Cl)cn1. The molecule has 0 amide bonds. The van der Waals surface area contributed by atoms with Crippen molar-refractivity contribution >= 4 is 11.6 Å². The Morgan fingerprint density at radius 3 is 2.93 bits per heavy atom. The van der Waals surface area contributed by atoms with Gasteiger partial charge in [-0.05, 0) is 17.7 Å². The van der Waals surface area contributed by atoms with Crippen molar-refractivity contribution in [1.82, 2.24) is 4.98 Å². The minimum absolute atomic E-state index is 0.172. The maximum atomic E-state index is 6.00. The summed E-state index contributed by atoms with van der Waals surface area (Å²) in [7, 11) is 0. The molecule has 1 aromatic rings. The molecule has 0 saturated carbocycles. The average molecular weight is 211 g/mol. The quantitative estimate of drug-likeness (QED) is 0.813. The van der Waals surface area contributed by atoms with Crippen LogP contribution in [0.25, 0.3) is 0 Å². The van der Waals surface area contributed by atoms with Crippen LogP contribution < -0.4 is 5.73 Å². The molecule has 74 valence electrons. The molecule has 0 aliphatic carbocycles. The first-order valence-electron chi connectivity index (χ1n) is 4.45. The van der Waals surface area contributed by atoms with E-state index in [-0.39, 0.29) is 6.04 Å². The molecule has 3 nitrogen and oxygen atoms in total. The summed E-state index contributed by atoms with van der Waals surface area (Å²) in [6.45, 7) is 0.719. The number of hydrogen-bond donors (Lipinski definition) is 1. The minimum atomic E-state index is -0.172. The van der Waals surface area contributed by atoms with E-state index in [4.69, 9.17) is 22.1 Å². The molecule has 0 saturated heterocycles. The van der Waals surface area contributed by atoms with Gasteiger partial charge in [-0.3, -0.25) is 4.98 Å². The van der Waals surface area contributed by atoms with Gasteiger partial charge in [0.2, 0.25) is 0 Å². The third-order valence-corrected chi connectivity index (χ3v) is 2.44. The highest BCUT2D eigenvalue weighted by Crippen LogP contribution is 2.24. The molecule has 0 bridgehead atoms. The number of nitrogens with zero attached hydrogens (tertiary/aromatic N) is 1. The van der Waals surface area contributed by atoms with E-state index in [9.17, 15) is 0 Å². The normalized spacial score (nSPS) is 17.4. The third kappa shape index (κ3) is 1.89. The van der Waals surface area contributed by atoms with Crippen LogP contribution in [-0.2, 0) is 4.74 Å². The van der Waals surface area contributed by atoms with Crippen LogP contribution in [-0.4, -0.2) is 11.6 Å². The predicted molar refractivity (Wildman–Crippen MR) is 54.8 cm³/mol. The van der Waals surface area contributed by atoms with E-state index in [0.717, 1.165) is 24.3 Å². The van der Waals surface area contributed by atoms with E-state index >= 15 is 0 Å². The van der Waals surface area contributed by atoms with Crippen molar-refractivity contribution in [3.05, 3.63) is 40.9 Å². The van der Waals surface area contributed by atoms with Crippen LogP contribution in [0.4, 0.5) is 0 Å². The minimum Gasteiger partial charge on any atom is -0.501 e. The van der Waals surface area contributed by atoms with E-state index in [1.807, 2.05) is 6.07 Å². The number of rotatable bonds is 2. The summed E-state index contributed by atoms with van der Waals surface area (Å²) in [5, 5.41) is 0.623. The molecule has 14 heavy (non-hydrogen) atoms. The smallest absolute Gasteiger partial charge is 0.0912 e. The Kier molecular flexibility index (Phi) is 2.70. The van der Waals surface area contributed by atoms with Crippen LogP contribution in [0.1, 0.15) is 18.2 Å². The molecule has 2 rings (SSSR count). The van der Waals surface area contributed by atoms with Crippen LogP contribution in [0, 0.1) is 0 Å². The molecular formula is C10H11ClN2O. The number of hydrogen-bond acceptors (Lipinski definition) is 3. The lowest BCUT2D eigenvalue weighted by atomic mass is 10.0. The molecule has 0 fully saturated rings. The first kappa shape index (κ1) is 9.49. The Morgan fingerprint density at radius 1 is 1.50 bits per heavy atom. The second-order valence-corrected chi connectivity index (χ2v) is 3.63. The van der Waals surface area contributed by atoms with Crippen LogP contribution in [0.15, 0.2) is 30.2 Å². The van der Waals surface area contributed by atoms with Crippen molar-refractivity contribution in [3.8, 4) is 0 Å². The Labute approximate surface area is 87.5 Å². The molecule has 2 N–H and O–H groups in total. The number of nitrogens with two attached hydrogens (primary N) is 1. The second kappa shape index (κ2) is 3.98. The lowest BCUT2D eigenvalue weighted by Gasteiger charge is -2.10. The molecule has 1 aliphatic rings. The zero-order chi connectivity index (χ0) is 9.97. The van der Waals surface area contributed by atoms with Gasteiger partial charge in [0, 0.05) is 12.6 Å². The van der Waals surface area contributed by atoms with E-state index in [1.54, 1.807) is 18.5 Å². The summed E-state index contributed by atoms with van der Waals surface area (Å²) >= 11 is 5.73. The first-order chi connectivity index (χ1) is 6.77. The molecule has 2 heterocycles. The van der Waals surface area contributed by atoms with Gasteiger partial charge in [0.15, 0.2) is 0 Å². The van der Waals surface area contributed by atoms with Gasteiger partial charge >= 0.3 is 0 Å². The lowest BCUT2D eigenvalue weighted by Crippen LogP contribution is -2.13. The molecule has 1 unspecified atom stereocenters. The molecule has 1 aliphatic heterocycles. The van der Waals surface area contributed by atoms with Crippen LogP contribution in [0.3, 0.4) is 0 Å². The van der Waals surface area contributed by atoms with Gasteiger partial charge in [-0.25, -0.2) is 0 Å². The summed E-state index contributed by atoms with van der Waals surface area (Å²) in [5.74, 6) is 0. The fraction of sp³-hybridized carbons (Fsp3) is 0.300. The van der Waals surface area contributed by atoms with Gasteiger partial charge in [0.25, 0.3) is 0 Å². The van der Waals surface area contributed by atoms with Crippen molar-refractivity contribution in [2.24, 2.45) is 5.73 Å². The molecule has 1 atom stereocenters. The van der Waals surface area contributed by atoms with E-state index in [1.165, 1.54) is 0 Å². The highest BCUT2D eigenvalue weighted by Gasteiger charge is 2.16. The van der Waals surface area contributed by atoms with E-state index in [0.29, 0.717) is 5.02 Å². The van der Waals surface area contributed by atoms with Crippen molar-refractivity contribution < 1.29 is 4.74 Å². The number of pyridine rings is 1. The molecule has 1 aromatic heterocycles. The van der Waals surface area contributed by atoms with E-state index < -0.39 is 0 Å². The third-order valence-electron chi connectivity index (χ3n) is 2.21. The van der Waals surface area contributed by atoms with Gasteiger partial charge in [-0.1, -0.05) is 11.6 Å². The van der Waals surface area contributed by atoms with Crippen LogP contribution in [0.5, 0.6) is 0 Å².